The summed E-state index contributed by atoms with van der Waals surface area (Å²) in [5, 5.41) is 11.3. The molecule has 0 bridgehead atoms. The molecular weight excluding hydrogens is 362 g/mol. The van der Waals surface area contributed by atoms with Gasteiger partial charge in [0.15, 0.2) is 5.78 Å². The van der Waals surface area contributed by atoms with Crippen LogP contribution in [-0.4, -0.2) is 22.8 Å². The van der Waals surface area contributed by atoms with Crippen molar-refractivity contribution in [2.75, 3.05) is 5.32 Å². The van der Waals surface area contributed by atoms with E-state index < -0.39 is 11.9 Å². The van der Waals surface area contributed by atoms with Crippen LogP contribution in [-0.2, 0) is 4.79 Å². The number of rotatable bonds is 5. The van der Waals surface area contributed by atoms with Crippen molar-refractivity contribution < 1.29 is 19.5 Å². The zero-order chi connectivity index (χ0) is 16.8. The summed E-state index contributed by atoms with van der Waals surface area (Å²) in [5.74, 6) is -1.80. The summed E-state index contributed by atoms with van der Waals surface area (Å²) < 4.78 is 0.862. The maximum absolute atomic E-state index is 11.9. The van der Waals surface area contributed by atoms with Crippen molar-refractivity contribution in [2.24, 2.45) is 0 Å². The minimum atomic E-state index is -1.04. The quantitative estimate of drug-likeness (QED) is 0.620. The van der Waals surface area contributed by atoms with Gasteiger partial charge in [-0.3, -0.25) is 9.59 Å². The molecule has 2 aromatic rings. The Labute approximate surface area is 140 Å². The number of hydrogen-bond acceptors (Lipinski definition) is 3. The zero-order valence-corrected chi connectivity index (χ0v) is 13.4. The molecular formula is C17H12BrNO4. The summed E-state index contributed by atoms with van der Waals surface area (Å²) in [4.78, 5) is 34.4. The molecule has 23 heavy (non-hydrogen) atoms. The molecule has 0 saturated carbocycles. The van der Waals surface area contributed by atoms with E-state index in [0.29, 0.717) is 11.3 Å². The van der Waals surface area contributed by atoms with Gasteiger partial charge in [0, 0.05) is 21.8 Å². The molecule has 0 fully saturated rings. The first-order valence-corrected chi connectivity index (χ1v) is 7.37. The zero-order valence-electron chi connectivity index (χ0n) is 11.8. The average Bonchev–Trinajstić information content (AvgIpc) is 2.54. The van der Waals surface area contributed by atoms with Crippen LogP contribution in [0.15, 0.2) is 65.2 Å². The topological polar surface area (TPSA) is 83.5 Å². The molecule has 0 radical (unpaired) electrons. The Morgan fingerprint density at radius 1 is 0.870 bits per heavy atom. The molecule has 2 N–H and O–H groups in total. The molecule has 2 rings (SSSR count). The van der Waals surface area contributed by atoms with E-state index in [4.69, 9.17) is 5.11 Å². The number of hydrogen-bond donors (Lipinski definition) is 2. The first-order valence-electron chi connectivity index (χ1n) is 6.58. The Kier molecular flexibility index (Phi) is 5.43. The van der Waals surface area contributed by atoms with Crippen LogP contribution in [0.1, 0.15) is 20.7 Å². The first kappa shape index (κ1) is 16.6. The molecule has 5 nitrogen and oxygen atoms in total. The van der Waals surface area contributed by atoms with Crippen LogP contribution in [0.5, 0.6) is 0 Å². The van der Waals surface area contributed by atoms with Crippen molar-refractivity contribution in [1.29, 1.82) is 0 Å². The Balaban J connectivity index is 1.97. The smallest absolute Gasteiger partial charge is 0.335 e. The molecule has 0 aromatic heterocycles. The molecule has 0 heterocycles. The second-order valence-electron chi connectivity index (χ2n) is 4.58. The summed E-state index contributed by atoms with van der Waals surface area (Å²) >= 11 is 3.28. The molecule has 0 atom stereocenters. The third-order valence-corrected chi connectivity index (χ3v) is 3.44. The number of anilines is 1. The number of carboxylic acid groups (broad SMARTS) is 1. The minimum Gasteiger partial charge on any atom is -0.478 e. The van der Waals surface area contributed by atoms with Gasteiger partial charge in [-0.25, -0.2) is 4.79 Å². The van der Waals surface area contributed by atoms with E-state index >= 15 is 0 Å². The predicted octanol–water partition coefficient (Wildman–Crippen LogP) is 3.52. The largest absolute Gasteiger partial charge is 0.478 e. The van der Waals surface area contributed by atoms with Crippen LogP contribution in [0.3, 0.4) is 0 Å². The fourth-order valence-corrected chi connectivity index (χ4v) is 2.01. The number of halogens is 1. The lowest BCUT2D eigenvalue weighted by molar-refractivity contribution is -0.111. The molecule has 1 amide bonds. The molecule has 0 spiro atoms. The average molecular weight is 374 g/mol. The van der Waals surface area contributed by atoms with Gasteiger partial charge in [-0.15, -0.1) is 0 Å². The van der Waals surface area contributed by atoms with E-state index in [1.54, 1.807) is 24.3 Å². The van der Waals surface area contributed by atoms with Crippen LogP contribution in [0.25, 0.3) is 0 Å². The number of ketones is 1. The van der Waals surface area contributed by atoms with E-state index in [1.165, 1.54) is 30.3 Å². The molecule has 116 valence electrons. The fourth-order valence-electron chi connectivity index (χ4n) is 1.74. The highest BCUT2D eigenvalue weighted by Crippen LogP contribution is 2.12. The van der Waals surface area contributed by atoms with Gasteiger partial charge in [0.2, 0.25) is 5.91 Å². The second kappa shape index (κ2) is 7.51. The molecule has 0 aliphatic rings. The highest BCUT2D eigenvalue weighted by atomic mass is 79.9. The van der Waals surface area contributed by atoms with Crippen LogP contribution >= 0.6 is 15.9 Å². The Morgan fingerprint density at radius 2 is 1.43 bits per heavy atom. The number of benzene rings is 2. The molecule has 0 unspecified atom stereocenters. The number of carbonyl (C=O) groups excluding carboxylic acids is 2. The maximum Gasteiger partial charge on any atom is 0.335 e. The highest BCUT2D eigenvalue weighted by Gasteiger charge is 2.05. The van der Waals surface area contributed by atoms with E-state index in [-0.39, 0.29) is 11.3 Å². The van der Waals surface area contributed by atoms with Gasteiger partial charge in [-0.05, 0) is 54.6 Å². The number of aromatic carboxylic acids is 1. The van der Waals surface area contributed by atoms with Crippen molar-refractivity contribution in [2.45, 2.75) is 0 Å². The summed E-state index contributed by atoms with van der Waals surface area (Å²) in [6, 6.07) is 12.5. The van der Waals surface area contributed by atoms with Crippen molar-refractivity contribution in [3.63, 3.8) is 0 Å². The summed E-state index contributed by atoms with van der Waals surface area (Å²) in [5.41, 5.74) is 1.05. The molecule has 2 aromatic carbocycles. The summed E-state index contributed by atoms with van der Waals surface area (Å²) in [6.45, 7) is 0. The van der Waals surface area contributed by atoms with Gasteiger partial charge in [0.25, 0.3) is 0 Å². The predicted molar refractivity (Wildman–Crippen MR) is 89.6 cm³/mol. The normalized spacial score (nSPS) is 10.5. The summed E-state index contributed by atoms with van der Waals surface area (Å²) in [6.07, 6.45) is 2.32. The van der Waals surface area contributed by atoms with Crippen LogP contribution in [0.4, 0.5) is 5.69 Å². The van der Waals surface area contributed by atoms with Crippen molar-refractivity contribution in [1.82, 2.24) is 0 Å². The van der Waals surface area contributed by atoms with E-state index in [2.05, 4.69) is 21.2 Å². The lowest BCUT2D eigenvalue weighted by Gasteiger charge is -2.02. The van der Waals surface area contributed by atoms with E-state index in [1.807, 2.05) is 0 Å². The van der Waals surface area contributed by atoms with Gasteiger partial charge in [-0.1, -0.05) is 15.9 Å². The number of allylic oxidation sites excluding steroid dienone is 1. The van der Waals surface area contributed by atoms with Crippen molar-refractivity contribution in [3.8, 4) is 0 Å². The Morgan fingerprint density at radius 3 is 2.00 bits per heavy atom. The monoisotopic (exact) mass is 373 g/mol. The van der Waals surface area contributed by atoms with E-state index in [0.717, 1.165) is 10.5 Å². The Bertz CT molecular complexity index is 764. The van der Waals surface area contributed by atoms with Crippen LogP contribution in [0, 0.1) is 0 Å². The van der Waals surface area contributed by atoms with Crippen LogP contribution < -0.4 is 5.32 Å². The third kappa shape index (κ3) is 4.89. The summed E-state index contributed by atoms with van der Waals surface area (Å²) in [7, 11) is 0. The SMILES string of the molecule is O=C(/C=C/C(=O)c1ccc(Br)cc1)Nc1ccc(C(=O)O)cc1. The van der Waals surface area contributed by atoms with Crippen molar-refractivity contribution >= 4 is 39.3 Å². The fraction of sp³-hybridized carbons (Fsp3) is 0. The second-order valence-corrected chi connectivity index (χ2v) is 5.49. The van der Waals surface area contributed by atoms with Gasteiger partial charge in [-0.2, -0.15) is 0 Å². The van der Waals surface area contributed by atoms with Crippen molar-refractivity contribution in [3.05, 3.63) is 76.3 Å². The molecule has 0 aliphatic heterocycles. The number of carboxylic acids is 1. The van der Waals surface area contributed by atoms with Gasteiger partial charge in [0.05, 0.1) is 5.56 Å². The number of carbonyl (C=O) groups is 3. The molecule has 0 aliphatic carbocycles. The number of amides is 1. The standard InChI is InChI=1S/C17H12BrNO4/c18-13-5-1-11(2-6-13)15(20)9-10-16(21)19-14-7-3-12(4-8-14)17(22)23/h1-10H,(H,19,21)(H,22,23)/b10-9+. The molecule has 0 saturated heterocycles. The van der Waals surface area contributed by atoms with E-state index in [9.17, 15) is 14.4 Å². The first-order chi connectivity index (χ1) is 11.0. The molecule has 6 heteroatoms. The number of nitrogens with one attached hydrogen (secondary N) is 1. The lowest BCUT2D eigenvalue weighted by Crippen LogP contribution is -2.09. The van der Waals surface area contributed by atoms with Gasteiger partial charge < -0.3 is 10.4 Å². The third-order valence-electron chi connectivity index (χ3n) is 2.91. The van der Waals surface area contributed by atoms with Crippen LogP contribution in [0.2, 0.25) is 0 Å². The minimum absolute atomic E-state index is 0.129. The lowest BCUT2D eigenvalue weighted by atomic mass is 10.1. The van der Waals surface area contributed by atoms with Gasteiger partial charge >= 0.3 is 5.97 Å². The Hall–Kier alpha value is -2.73. The maximum atomic E-state index is 11.9. The highest BCUT2D eigenvalue weighted by molar-refractivity contribution is 9.10. The van der Waals surface area contributed by atoms with Gasteiger partial charge in [0.1, 0.15) is 0 Å².